The number of alkyl carbamates (subject to hydrolysis) is 1. The van der Waals surface area contributed by atoms with Gasteiger partial charge in [0.2, 0.25) is 0 Å². The molecule has 0 unspecified atom stereocenters. The summed E-state index contributed by atoms with van der Waals surface area (Å²) in [6.07, 6.45) is 0.500. The molecule has 0 aromatic carbocycles. The van der Waals surface area contributed by atoms with Gasteiger partial charge in [-0.3, -0.25) is 0 Å². The minimum atomic E-state index is -1.82. The molecular formula is C13H24N2O7. The highest BCUT2D eigenvalue weighted by Gasteiger charge is 2.27. The number of hydrogen-bond acceptors (Lipinski definition) is 6. The Kier molecular flexibility index (Phi) is 8.43. The molecule has 1 saturated heterocycles. The summed E-state index contributed by atoms with van der Waals surface area (Å²) >= 11 is 0. The largest absolute Gasteiger partial charge is 0.473 e. The highest BCUT2D eigenvalue weighted by Crippen LogP contribution is 2.10. The Balaban J connectivity index is 0.000000626. The van der Waals surface area contributed by atoms with Crippen LogP contribution in [0.4, 0.5) is 4.79 Å². The normalized spacial score (nSPS) is 21.1. The fourth-order valence-electron chi connectivity index (χ4n) is 1.70. The first-order chi connectivity index (χ1) is 10.1. The molecular weight excluding hydrogens is 296 g/mol. The van der Waals surface area contributed by atoms with Crippen molar-refractivity contribution >= 4 is 18.0 Å². The molecule has 2 atom stereocenters. The molecule has 22 heavy (non-hydrogen) atoms. The van der Waals surface area contributed by atoms with Gasteiger partial charge in [0, 0.05) is 13.7 Å². The molecule has 1 fully saturated rings. The van der Waals surface area contributed by atoms with E-state index in [1.54, 1.807) is 7.11 Å². The van der Waals surface area contributed by atoms with Gasteiger partial charge in [0.1, 0.15) is 5.60 Å². The van der Waals surface area contributed by atoms with Crippen molar-refractivity contribution in [1.82, 2.24) is 10.6 Å². The summed E-state index contributed by atoms with van der Waals surface area (Å²) in [7, 11) is 1.65. The second kappa shape index (κ2) is 9.21. The van der Waals surface area contributed by atoms with E-state index in [-0.39, 0.29) is 18.2 Å². The van der Waals surface area contributed by atoms with E-state index in [1.165, 1.54) is 0 Å². The van der Waals surface area contributed by atoms with Crippen LogP contribution in [0.3, 0.4) is 0 Å². The molecule has 0 bridgehead atoms. The average molecular weight is 320 g/mol. The Morgan fingerprint density at radius 3 is 2.14 bits per heavy atom. The van der Waals surface area contributed by atoms with Crippen LogP contribution in [0.1, 0.15) is 27.2 Å². The lowest BCUT2D eigenvalue weighted by Crippen LogP contribution is -2.54. The highest BCUT2D eigenvalue weighted by atomic mass is 16.6. The first kappa shape index (κ1) is 20.1. The quantitative estimate of drug-likeness (QED) is 0.524. The van der Waals surface area contributed by atoms with E-state index in [2.05, 4.69) is 10.6 Å². The third-order valence-electron chi connectivity index (χ3n) is 2.61. The number of methoxy groups -OCH3 is 1. The highest BCUT2D eigenvalue weighted by molar-refractivity contribution is 6.27. The molecule has 1 aliphatic rings. The van der Waals surface area contributed by atoms with Gasteiger partial charge in [-0.1, -0.05) is 0 Å². The van der Waals surface area contributed by atoms with Crippen molar-refractivity contribution in [2.45, 2.75) is 44.9 Å². The molecule has 1 rings (SSSR count). The third-order valence-corrected chi connectivity index (χ3v) is 2.61. The van der Waals surface area contributed by atoms with Crippen molar-refractivity contribution in [3.8, 4) is 0 Å². The molecule has 0 aliphatic carbocycles. The number of ether oxygens (including phenoxy) is 2. The Labute approximate surface area is 129 Å². The van der Waals surface area contributed by atoms with Crippen molar-refractivity contribution in [1.29, 1.82) is 0 Å². The molecule has 9 nitrogen and oxygen atoms in total. The van der Waals surface area contributed by atoms with Crippen LogP contribution in [-0.2, 0) is 19.1 Å². The van der Waals surface area contributed by atoms with Gasteiger partial charge < -0.3 is 30.3 Å². The van der Waals surface area contributed by atoms with E-state index in [0.717, 1.165) is 19.5 Å². The predicted octanol–water partition coefficient (Wildman–Crippen LogP) is 0.0436. The number of piperidine rings is 1. The molecule has 4 N–H and O–H groups in total. The zero-order chi connectivity index (χ0) is 17.3. The lowest BCUT2D eigenvalue weighted by Gasteiger charge is -2.32. The minimum absolute atomic E-state index is 0.0151. The van der Waals surface area contributed by atoms with Crippen molar-refractivity contribution in [3.63, 3.8) is 0 Å². The first-order valence-corrected chi connectivity index (χ1v) is 6.76. The van der Waals surface area contributed by atoms with Crippen molar-refractivity contribution in [3.05, 3.63) is 0 Å². The van der Waals surface area contributed by atoms with Gasteiger partial charge in [-0.05, 0) is 33.7 Å². The van der Waals surface area contributed by atoms with E-state index in [9.17, 15) is 4.79 Å². The second-order valence-electron chi connectivity index (χ2n) is 5.63. The summed E-state index contributed by atoms with van der Waals surface area (Å²) in [4.78, 5) is 29.8. The summed E-state index contributed by atoms with van der Waals surface area (Å²) < 4.78 is 10.5. The number of carboxylic acid groups (broad SMARTS) is 2. The summed E-state index contributed by atoms with van der Waals surface area (Å²) in [5.74, 6) is -3.65. The predicted molar refractivity (Wildman–Crippen MR) is 76.7 cm³/mol. The van der Waals surface area contributed by atoms with Crippen molar-refractivity contribution in [2.24, 2.45) is 0 Å². The van der Waals surface area contributed by atoms with Gasteiger partial charge in [-0.15, -0.1) is 0 Å². The van der Waals surface area contributed by atoms with Crippen LogP contribution >= 0.6 is 0 Å². The fraction of sp³-hybridized carbons (Fsp3) is 0.769. The number of hydrogen-bond donors (Lipinski definition) is 4. The first-order valence-electron chi connectivity index (χ1n) is 6.76. The summed E-state index contributed by atoms with van der Waals surface area (Å²) in [6.45, 7) is 7.20. The standard InChI is InChI=1S/C11H22N2O3.C2H2O4/c1-11(2,3)16-10(14)13-8-5-6-12-7-9(8)15-4;3-1(4)2(5)6/h8-9,12H,5-7H2,1-4H3,(H,13,14);(H,3,4)(H,5,6)/t8-,9+;/m0./s1. The Morgan fingerprint density at radius 2 is 1.73 bits per heavy atom. The van der Waals surface area contributed by atoms with E-state index in [1.807, 2.05) is 20.8 Å². The van der Waals surface area contributed by atoms with Crippen LogP contribution in [0.25, 0.3) is 0 Å². The Morgan fingerprint density at radius 1 is 1.18 bits per heavy atom. The lowest BCUT2D eigenvalue weighted by molar-refractivity contribution is -0.159. The topological polar surface area (TPSA) is 134 Å². The monoisotopic (exact) mass is 320 g/mol. The molecule has 128 valence electrons. The molecule has 1 amide bonds. The van der Waals surface area contributed by atoms with Crippen LogP contribution in [0.15, 0.2) is 0 Å². The summed E-state index contributed by atoms with van der Waals surface area (Å²) in [6, 6.07) is 0.0288. The molecule has 9 heteroatoms. The number of rotatable bonds is 2. The molecule has 0 saturated carbocycles. The van der Waals surface area contributed by atoms with Gasteiger partial charge >= 0.3 is 18.0 Å². The maximum atomic E-state index is 11.6. The molecule has 1 aliphatic heterocycles. The number of nitrogens with one attached hydrogen (secondary N) is 2. The molecule has 0 aromatic heterocycles. The Bertz CT molecular complexity index is 380. The van der Waals surface area contributed by atoms with Crippen LogP contribution in [0.2, 0.25) is 0 Å². The molecule has 0 spiro atoms. The van der Waals surface area contributed by atoms with Gasteiger partial charge in [0.05, 0.1) is 12.1 Å². The number of carbonyl (C=O) groups is 3. The molecule has 0 aromatic rings. The summed E-state index contributed by atoms with van der Waals surface area (Å²) in [5, 5.41) is 20.9. The third kappa shape index (κ3) is 9.14. The van der Waals surface area contributed by atoms with Gasteiger partial charge in [0.25, 0.3) is 0 Å². The molecule has 1 heterocycles. The lowest BCUT2D eigenvalue weighted by atomic mass is 10.0. The Hall–Kier alpha value is -1.87. The number of aliphatic carboxylic acids is 2. The second-order valence-corrected chi connectivity index (χ2v) is 5.63. The van der Waals surface area contributed by atoms with Crippen LogP contribution in [0.5, 0.6) is 0 Å². The zero-order valence-corrected chi connectivity index (χ0v) is 13.2. The maximum absolute atomic E-state index is 11.6. The fourth-order valence-corrected chi connectivity index (χ4v) is 1.70. The number of amides is 1. The number of carboxylic acids is 2. The van der Waals surface area contributed by atoms with Gasteiger partial charge in [-0.2, -0.15) is 0 Å². The van der Waals surface area contributed by atoms with E-state index in [0.29, 0.717) is 0 Å². The van der Waals surface area contributed by atoms with Gasteiger partial charge in [0.15, 0.2) is 0 Å². The smallest absolute Gasteiger partial charge is 0.414 e. The number of carbonyl (C=O) groups excluding carboxylic acids is 1. The minimum Gasteiger partial charge on any atom is -0.473 e. The van der Waals surface area contributed by atoms with Crippen LogP contribution in [0, 0.1) is 0 Å². The van der Waals surface area contributed by atoms with E-state index in [4.69, 9.17) is 29.3 Å². The van der Waals surface area contributed by atoms with Gasteiger partial charge in [-0.25, -0.2) is 14.4 Å². The SMILES string of the molecule is CO[C@@H]1CNCC[C@@H]1NC(=O)OC(C)(C)C.O=C(O)C(=O)O. The molecule has 0 radical (unpaired) electrons. The maximum Gasteiger partial charge on any atom is 0.414 e. The van der Waals surface area contributed by atoms with Crippen molar-refractivity contribution in [2.75, 3.05) is 20.2 Å². The van der Waals surface area contributed by atoms with E-state index >= 15 is 0 Å². The zero-order valence-electron chi connectivity index (χ0n) is 13.2. The average Bonchev–Trinajstić information content (AvgIpc) is 2.37. The van der Waals surface area contributed by atoms with Crippen LogP contribution in [-0.4, -0.2) is 66.2 Å². The summed E-state index contributed by atoms with van der Waals surface area (Å²) in [5.41, 5.74) is -0.459. The van der Waals surface area contributed by atoms with E-state index < -0.39 is 17.5 Å². The van der Waals surface area contributed by atoms with Crippen LogP contribution < -0.4 is 10.6 Å². The van der Waals surface area contributed by atoms with Crippen molar-refractivity contribution < 1.29 is 34.1 Å².